The lowest BCUT2D eigenvalue weighted by molar-refractivity contribution is -0.177. The third kappa shape index (κ3) is 3.82. The molecule has 0 aromatic heterocycles. The van der Waals surface area contributed by atoms with Gasteiger partial charge in [-0.1, -0.05) is 31.1 Å². The van der Waals surface area contributed by atoms with E-state index in [1.165, 1.54) is 6.92 Å². The van der Waals surface area contributed by atoms with Gasteiger partial charge in [0.2, 0.25) is 5.60 Å². The van der Waals surface area contributed by atoms with Crippen LogP contribution in [0.2, 0.25) is 0 Å². The lowest BCUT2D eigenvalue weighted by atomic mass is 9.77. The summed E-state index contributed by atoms with van der Waals surface area (Å²) in [4.78, 5) is 51.2. The average molecular weight is 445 g/mol. The normalized spacial score (nSPS) is 33.1. The van der Waals surface area contributed by atoms with Crippen molar-refractivity contribution in [1.82, 2.24) is 0 Å². The van der Waals surface area contributed by atoms with Crippen LogP contribution in [0.3, 0.4) is 0 Å². The first-order valence-electron chi connectivity index (χ1n) is 11.2. The number of hydrogen-bond donors (Lipinski definition) is 0. The Hall–Kier alpha value is -2.70. The van der Waals surface area contributed by atoms with E-state index in [-0.39, 0.29) is 18.1 Å². The Morgan fingerprint density at radius 3 is 2.56 bits per heavy atom. The highest BCUT2D eigenvalue weighted by Crippen LogP contribution is 2.51. The maximum Gasteiger partial charge on any atom is 0.351 e. The second-order valence-electron chi connectivity index (χ2n) is 9.28. The van der Waals surface area contributed by atoms with Crippen LogP contribution in [0.15, 0.2) is 34.4 Å². The van der Waals surface area contributed by atoms with Gasteiger partial charge >= 0.3 is 17.9 Å². The van der Waals surface area contributed by atoms with Crippen LogP contribution < -0.4 is 0 Å². The fourth-order valence-corrected chi connectivity index (χ4v) is 4.85. The van der Waals surface area contributed by atoms with Crippen molar-refractivity contribution in [2.45, 2.75) is 79.1 Å². The average Bonchev–Trinajstić information content (AvgIpc) is 3.12. The fraction of sp³-hybridized carbons (Fsp3) is 0.600. The van der Waals surface area contributed by atoms with Crippen LogP contribution in [-0.4, -0.2) is 41.5 Å². The molecule has 32 heavy (non-hydrogen) atoms. The molecule has 0 aromatic carbocycles. The molecule has 0 amide bonds. The quantitative estimate of drug-likeness (QED) is 0.363. The Morgan fingerprint density at radius 2 is 1.97 bits per heavy atom. The van der Waals surface area contributed by atoms with Gasteiger partial charge in [-0.2, -0.15) is 0 Å². The molecule has 0 radical (unpaired) electrons. The Morgan fingerprint density at radius 1 is 1.31 bits per heavy atom. The van der Waals surface area contributed by atoms with Crippen molar-refractivity contribution in [1.29, 1.82) is 0 Å². The molecule has 6 atom stereocenters. The number of fused-ring (bicyclic) bond motifs is 3. The van der Waals surface area contributed by atoms with E-state index in [1.807, 2.05) is 20.8 Å². The maximum absolute atomic E-state index is 13.1. The fourth-order valence-electron chi connectivity index (χ4n) is 4.85. The molecule has 1 unspecified atom stereocenters. The van der Waals surface area contributed by atoms with Crippen molar-refractivity contribution in [3.05, 3.63) is 34.4 Å². The van der Waals surface area contributed by atoms with Crippen molar-refractivity contribution >= 4 is 23.7 Å². The highest BCUT2D eigenvalue weighted by Gasteiger charge is 2.65. The summed E-state index contributed by atoms with van der Waals surface area (Å²) >= 11 is 0. The molecule has 3 aliphatic rings. The van der Waals surface area contributed by atoms with Gasteiger partial charge in [0.15, 0.2) is 5.78 Å². The molecule has 0 saturated carbocycles. The van der Waals surface area contributed by atoms with Gasteiger partial charge in [0.05, 0.1) is 11.8 Å². The number of carbonyl (C=O) groups is 4. The summed E-state index contributed by atoms with van der Waals surface area (Å²) in [6.45, 7) is 12.1. The zero-order valence-corrected chi connectivity index (χ0v) is 19.8. The molecular weight excluding hydrogens is 412 g/mol. The van der Waals surface area contributed by atoms with Crippen LogP contribution in [0.4, 0.5) is 0 Å². The van der Waals surface area contributed by atoms with E-state index in [0.29, 0.717) is 17.6 Å². The number of carbonyl (C=O) groups excluding carboxylic acids is 4. The maximum atomic E-state index is 13.1. The SMILES string of the molecule is C/C=C(/C)C(=O)O[C@]1(C)C(=O)O[C@H]2[C@@H]3C(C)=CC(=O)C3=C(C)C[C@H](OC(=O)C(C)CC)[C@H]21. The van der Waals surface area contributed by atoms with E-state index in [2.05, 4.69) is 0 Å². The van der Waals surface area contributed by atoms with Crippen LogP contribution in [0.5, 0.6) is 0 Å². The molecule has 1 fully saturated rings. The van der Waals surface area contributed by atoms with E-state index in [9.17, 15) is 19.2 Å². The van der Waals surface area contributed by atoms with Gasteiger partial charge in [0, 0.05) is 23.5 Å². The Labute approximate surface area is 188 Å². The largest absolute Gasteiger partial charge is 0.461 e. The molecule has 1 heterocycles. The minimum Gasteiger partial charge on any atom is -0.461 e. The van der Waals surface area contributed by atoms with Crippen LogP contribution >= 0.6 is 0 Å². The molecule has 0 aromatic rings. The van der Waals surface area contributed by atoms with Gasteiger partial charge in [0.25, 0.3) is 0 Å². The molecule has 1 saturated heterocycles. The summed E-state index contributed by atoms with van der Waals surface area (Å²) in [5.41, 5.74) is 0.840. The van der Waals surface area contributed by atoms with Gasteiger partial charge in [0.1, 0.15) is 12.2 Å². The van der Waals surface area contributed by atoms with E-state index in [4.69, 9.17) is 14.2 Å². The first-order chi connectivity index (χ1) is 15.0. The molecule has 1 aliphatic heterocycles. The van der Waals surface area contributed by atoms with Crippen LogP contribution in [0.25, 0.3) is 0 Å². The van der Waals surface area contributed by atoms with Crippen molar-refractivity contribution < 1.29 is 33.4 Å². The zero-order chi connectivity index (χ0) is 24.0. The molecule has 2 aliphatic carbocycles. The second kappa shape index (κ2) is 8.68. The topological polar surface area (TPSA) is 96.0 Å². The summed E-state index contributed by atoms with van der Waals surface area (Å²) < 4.78 is 17.5. The van der Waals surface area contributed by atoms with Crippen LogP contribution in [0, 0.1) is 17.8 Å². The smallest absolute Gasteiger partial charge is 0.351 e. The van der Waals surface area contributed by atoms with Crippen molar-refractivity contribution in [3.8, 4) is 0 Å². The Bertz CT molecular complexity index is 953. The van der Waals surface area contributed by atoms with Gasteiger partial charge < -0.3 is 14.2 Å². The molecule has 3 rings (SSSR count). The summed E-state index contributed by atoms with van der Waals surface area (Å²) in [5.74, 6) is -3.38. The third-order valence-corrected chi connectivity index (χ3v) is 7.10. The highest BCUT2D eigenvalue weighted by molar-refractivity contribution is 6.09. The molecule has 0 bridgehead atoms. The molecule has 0 spiro atoms. The van der Waals surface area contributed by atoms with E-state index in [1.54, 1.807) is 32.9 Å². The minimum atomic E-state index is -1.66. The Balaban J connectivity index is 2.10. The molecule has 174 valence electrons. The summed E-state index contributed by atoms with van der Waals surface area (Å²) in [5, 5.41) is 0. The molecule has 7 heteroatoms. The molecule has 7 nitrogen and oxygen atoms in total. The number of hydrogen-bond acceptors (Lipinski definition) is 7. The first kappa shape index (κ1) is 24.0. The minimum absolute atomic E-state index is 0.121. The lowest BCUT2D eigenvalue weighted by Crippen LogP contribution is -2.51. The first-order valence-corrected chi connectivity index (χ1v) is 11.2. The standard InChI is InChI=1S/C25H32O7/c1-8-12(3)22(27)30-17-11-15(6)18-16(26)10-14(5)19(18)21-20(17)25(7,24(29)31-21)32-23(28)13(4)9-2/h9-10,12,17,19-21H,8,11H2,1-7H3/b13-9-/t12?,17-,19+,20+,21-,25-/m0/s1. The predicted octanol–water partition coefficient (Wildman–Crippen LogP) is 3.62. The van der Waals surface area contributed by atoms with E-state index < -0.39 is 47.6 Å². The summed E-state index contributed by atoms with van der Waals surface area (Å²) in [7, 11) is 0. The summed E-state index contributed by atoms with van der Waals surface area (Å²) in [6, 6.07) is 0. The van der Waals surface area contributed by atoms with Crippen LogP contribution in [-0.2, 0) is 33.4 Å². The number of esters is 3. The molecule has 0 N–H and O–H groups in total. The van der Waals surface area contributed by atoms with Crippen LogP contribution in [0.1, 0.15) is 61.3 Å². The van der Waals surface area contributed by atoms with E-state index >= 15 is 0 Å². The van der Waals surface area contributed by atoms with Crippen molar-refractivity contribution in [3.63, 3.8) is 0 Å². The number of ketones is 1. The monoisotopic (exact) mass is 444 g/mol. The van der Waals surface area contributed by atoms with E-state index in [0.717, 1.165) is 11.1 Å². The van der Waals surface area contributed by atoms with Gasteiger partial charge in [-0.3, -0.25) is 9.59 Å². The molecular formula is C25H32O7. The van der Waals surface area contributed by atoms with Gasteiger partial charge in [-0.05, 0) is 47.1 Å². The number of rotatable bonds is 5. The summed E-state index contributed by atoms with van der Waals surface area (Å²) in [6.07, 6.45) is 2.46. The van der Waals surface area contributed by atoms with Crippen molar-refractivity contribution in [2.75, 3.05) is 0 Å². The zero-order valence-electron chi connectivity index (χ0n) is 19.8. The highest BCUT2D eigenvalue weighted by atomic mass is 16.6. The number of allylic oxidation sites excluding steroid dienone is 2. The van der Waals surface area contributed by atoms with Gasteiger partial charge in [-0.15, -0.1) is 0 Å². The second-order valence-corrected chi connectivity index (χ2v) is 9.28. The Kier molecular flexibility index (Phi) is 6.50. The van der Waals surface area contributed by atoms with Gasteiger partial charge in [-0.25, -0.2) is 9.59 Å². The number of ether oxygens (including phenoxy) is 3. The van der Waals surface area contributed by atoms with Crippen molar-refractivity contribution in [2.24, 2.45) is 17.8 Å². The third-order valence-electron chi connectivity index (χ3n) is 7.10. The lowest BCUT2D eigenvalue weighted by Gasteiger charge is -2.35. The predicted molar refractivity (Wildman–Crippen MR) is 116 cm³/mol.